The molecule has 0 aromatic heterocycles. The first kappa shape index (κ1) is 13.3. The van der Waals surface area contributed by atoms with Gasteiger partial charge in [-0.1, -0.05) is 0 Å². The third-order valence-electron chi connectivity index (χ3n) is 1.37. The highest BCUT2D eigenvalue weighted by atomic mass is 16.9. The Kier molecular flexibility index (Phi) is 4.64. The van der Waals surface area contributed by atoms with E-state index in [1.807, 2.05) is 0 Å². The molecule has 1 atom stereocenters. The number of carbonyl (C=O) groups excluding carboxylic acids is 3. The molecule has 0 saturated carbocycles. The highest BCUT2D eigenvalue weighted by Crippen LogP contribution is 2.24. The first-order valence-electron chi connectivity index (χ1n) is 3.39. The van der Waals surface area contributed by atoms with Crippen molar-refractivity contribution in [1.29, 1.82) is 0 Å². The fraction of sp³-hybridized carbons (Fsp3) is 0.500. The molecule has 15 heavy (non-hydrogen) atoms. The lowest BCUT2D eigenvalue weighted by molar-refractivity contribution is -0.440. The molecule has 0 saturated heterocycles. The minimum absolute atomic E-state index is 0.358. The molecule has 86 valence electrons. The smallest absolute Gasteiger partial charge is 0.422 e. The Hall–Kier alpha value is -1.71. The lowest BCUT2D eigenvalue weighted by atomic mass is 10.2. The van der Waals surface area contributed by atoms with Crippen LogP contribution >= 0.6 is 0 Å². The van der Waals surface area contributed by atoms with Crippen LogP contribution in [0.15, 0.2) is 0 Å². The molecule has 0 aliphatic carbocycles. The van der Waals surface area contributed by atoms with Gasteiger partial charge in [-0.25, -0.2) is 0 Å². The Morgan fingerprint density at radius 2 is 1.33 bits per heavy atom. The molecule has 0 spiro atoms. The van der Waals surface area contributed by atoms with Crippen LogP contribution in [0.1, 0.15) is 0 Å². The van der Waals surface area contributed by atoms with E-state index in [0.29, 0.717) is 0 Å². The minimum Gasteiger partial charge on any atom is -0.422 e. The second kappa shape index (κ2) is 5.24. The summed E-state index contributed by atoms with van der Waals surface area (Å²) in [7, 11) is 0. The van der Waals surface area contributed by atoms with Crippen molar-refractivity contribution < 1.29 is 43.9 Å². The zero-order valence-corrected chi connectivity index (χ0v) is 7.23. The predicted octanol–water partition coefficient (Wildman–Crippen LogP) is -3.17. The summed E-state index contributed by atoms with van der Waals surface area (Å²) in [5.41, 5.74) is 0. The Morgan fingerprint density at radius 3 is 1.60 bits per heavy atom. The van der Waals surface area contributed by atoms with Crippen molar-refractivity contribution in [3.05, 3.63) is 0 Å². The largest absolute Gasteiger partial charge is 0.445 e. The van der Waals surface area contributed by atoms with Crippen molar-refractivity contribution in [3.8, 4) is 0 Å². The van der Waals surface area contributed by atoms with E-state index in [4.69, 9.17) is 5.11 Å². The van der Waals surface area contributed by atoms with Gasteiger partial charge in [0.2, 0.25) is 0 Å². The maximum atomic E-state index is 9.95. The third-order valence-corrected chi connectivity index (χ3v) is 1.37. The molecule has 3 N–H and O–H groups in total. The number of hydrogen-bond donors (Lipinski definition) is 3. The van der Waals surface area contributed by atoms with E-state index in [1.165, 1.54) is 0 Å². The van der Waals surface area contributed by atoms with E-state index in [0.717, 1.165) is 0 Å². The van der Waals surface area contributed by atoms with Crippen LogP contribution in [0.4, 0.5) is 0 Å². The maximum Gasteiger partial charge on any atom is 0.445 e. The lowest BCUT2D eigenvalue weighted by Crippen LogP contribution is -2.61. The molecule has 0 heterocycles. The monoisotopic (exact) mass is 224 g/mol. The molecule has 0 aromatic rings. The van der Waals surface area contributed by atoms with E-state index >= 15 is 0 Å². The van der Waals surface area contributed by atoms with Crippen molar-refractivity contribution in [2.24, 2.45) is 0 Å². The van der Waals surface area contributed by atoms with Crippen LogP contribution in [0.2, 0.25) is 0 Å². The van der Waals surface area contributed by atoms with Gasteiger partial charge in [0.25, 0.3) is 19.4 Å². The highest BCUT2D eigenvalue weighted by molar-refractivity contribution is 5.42. The van der Waals surface area contributed by atoms with E-state index in [2.05, 4.69) is 14.2 Å². The van der Waals surface area contributed by atoms with Gasteiger partial charge in [0.05, 0.1) is 0 Å². The fourth-order valence-electron chi connectivity index (χ4n) is 0.634. The third kappa shape index (κ3) is 2.62. The lowest BCUT2D eigenvalue weighted by Gasteiger charge is -2.34. The molecule has 0 aromatic carbocycles. The van der Waals surface area contributed by atoms with Crippen LogP contribution in [0, 0.1) is 0 Å². The summed E-state index contributed by atoms with van der Waals surface area (Å²) in [4.78, 5) is 29.8. The summed E-state index contributed by atoms with van der Waals surface area (Å²) in [6.07, 6.45) is 0. The summed E-state index contributed by atoms with van der Waals surface area (Å²) in [6, 6.07) is 0. The van der Waals surface area contributed by atoms with Gasteiger partial charge in [-0.2, -0.15) is 0 Å². The molecule has 0 aliphatic heterocycles. The molecule has 0 aliphatic rings. The second-order valence-corrected chi connectivity index (χ2v) is 2.17. The number of ether oxygens (including phenoxy) is 3. The molecule has 0 amide bonds. The topological polar surface area (TPSA) is 140 Å². The van der Waals surface area contributed by atoms with Crippen LogP contribution in [-0.2, 0) is 28.6 Å². The van der Waals surface area contributed by atoms with Crippen LogP contribution in [-0.4, -0.2) is 53.1 Å². The summed E-state index contributed by atoms with van der Waals surface area (Å²) >= 11 is 0. The van der Waals surface area contributed by atoms with Crippen LogP contribution in [0.25, 0.3) is 0 Å². The average Bonchev–Trinajstić information content (AvgIpc) is 2.18. The zero-order chi connectivity index (χ0) is 11.9. The summed E-state index contributed by atoms with van der Waals surface area (Å²) in [5.74, 6) is -6.44. The molecule has 0 bridgehead atoms. The Morgan fingerprint density at radius 1 is 0.933 bits per heavy atom. The average molecular weight is 224 g/mol. The van der Waals surface area contributed by atoms with Crippen molar-refractivity contribution >= 4 is 19.4 Å². The maximum absolute atomic E-state index is 9.95. The van der Waals surface area contributed by atoms with Gasteiger partial charge >= 0.3 is 11.8 Å². The van der Waals surface area contributed by atoms with Gasteiger partial charge in [0.15, 0.2) is 0 Å². The molecule has 0 rings (SSSR count). The van der Waals surface area contributed by atoms with Gasteiger partial charge in [-0.3, -0.25) is 14.4 Å². The molecule has 9 heteroatoms. The van der Waals surface area contributed by atoms with E-state index in [-0.39, 0.29) is 6.47 Å². The van der Waals surface area contributed by atoms with Crippen molar-refractivity contribution in [3.63, 3.8) is 0 Å². The molecular weight excluding hydrogens is 216 g/mol. The summed E-state index contributed by atoms with van der Waals surface area (Å²) in [6.45, 7) is -2.52. The molecule has 1 unspecified atom stereocenters. The van der Waals surface area contributed by atoms with Gasteiger partial charge in [0, 0.05) is 0 Å². The van der Waals surface area contributed by atoms with E-state index in [1.54, 1.807) is 0 Å². The SMILES string of the molecule is O=COC(O)(CO)C(O)(OC=O)OC=O. The second-order valence-electron chi connectivity index (χ2n) is 2.17. The number of rotatable bonds is 8. The molecular formula is C6H8O9. The van der Waals surface area contributed by atoms with Gasteiger partial charge in [-0.05, 0) is 0 Å². The number of aliphatic hydroxyl groups is 3. The molecule has 9 nitrogen and oxygen atoms in total. The van der Waals surface area contributed by atoms with Crippen LogP contribution in [0.5, 0.6) is 0 Å². The predicted molar refractivity (Wildman–Crippen MR) is 38.4 cm³/mol. The Balaban J connectivity index is 5.05. The molecule has 0 fully saturated rings. The van der Waals surface area contributed by atoms with Crippen LogP contribution < -0.4 is 0 Å². The van der Waals surface area contributed by atoms with Gasteiger partial charge < -0.3 is 29.5 Å². The number of carbonyl (C=O) groups is 3. The van der Waals surface area contributed by atoms with Gasteiger partial charge in [0.1, 0.15) is 6.61 Å². The Bertz CT molecular complexity index is 229. The first-order chi connectivity index (χ1) is 6.99. The number of aliphatic hydroxyl groups excluding tert-OH is 1. The minimum atomic E-state index is -3.33. The Labute approximate surface area is 82.8 Å². The normalized spacial score (nSPS) is 14.6. The van der Waals surface area contributed by atoms with Gasteiger partial charge in [-0.15, -0.1) is 0 Å². The van der Waals surface area contributed by atoms with Crippen molar-refractivity contribution in [2.75, 3.05) is 6.61 Å². The number of hydrogen-bond acceptors (Lipinski definition) is 9. The quantitative estimate of drug-likeness (QED) is 0.287. The first-order valence-corrected chi connectivity index (χ1v) is 3.39. The highest BCUT2D eigenvalue weighted by Gasteiger charge is 2.58. The molecule has 0 radical (unpaired) electrons. The fourth-order valence-corrected chi connectivity index (χ4v) is 0.634. The van der Waals surface area contributed by atoms with Crippen molar-refractivity contribution in [1.82, 2.24) is 0 Å². The summed E-state index contributed by atoms with van der Waals surface area (Å²) < 4.78 is 11.5. The van der Waals surface area contributed by atoms with Crippen LogP contribution in [0.3, 0.4) is 0 Å². The summed E-state index contributed by atoms with van der Waals surface area (Å²) in [5, 5.41) is 27.2. The van der Waals surface area contributed by atoms with E-state index in [9.17, 15) is 24.6 Å². The van der Waals surface area contributed by atoms with Crippen molar-refractivity contribution in [2.45, 2.75) is 11.8 Å². The standard InChI is InChI=1S/C6H8O9/c7-1-5(11,13-2-8)6(12,14-3-9)15-4-10/h2-4,7,11-12H,1H2. The van der Waals surface area contributed by atoms with E-state index < -0.39 is 31.3 Å². The zero-order valence-electron chi connectivity index (χ0n) is 7.23.